The molecule has 29 heavy (non-hydrogen) atoms. The topological polar surface area (TPSA) is 56.1 Å². The fraction of sp³-hybridized carbons (Fsp3) is 0.316. The third kappa shape index (κ3) is 4.43. The molecule has 1 aromatic heterocycles. The van der Waals surface area contributed by atoms with Crippen LogP contribution in [0.15, 0.2) is 48.5 Å². The standard InChI is InChI=1S/C19H17F4N5O/c20-15-5-1-13(2-6-15)17-11-27(9-10-29-17)12-18-24-25-26-28(18)16-7-3-14(4-8-16)19(21,22)23/h1-8,17H,9-12H2. The van der Waals surface area contributed by atoms with Crippen molar-refractivity contribution in [3.8, 4) is 5.69 Å². The first-order valence-corrected chi connectivity index (χ1v) is 8.94. The molecular formula is C19H17F4N5O. The van der Waals surface area contributed by atoms with Gasteiger partial charge < -0.3 is 4.74 Å². The molecule has 0 saturated carbocycles. The minimum Gasteiger partial charge on any atom is -0.371 e. The van der Waals surface area contributed by atoms with Crippen LogP contribution in [-0.2, 0) is 17.5 Å². The van der Waals surface area contributed by atoms with Gasteiger partial charge >= 0.3 is 6.18 Å². The summed E-state index contributed by atoms with van der Waals surface area (Å²) in [7, 11) is 0. The van der Waals surface area contributed by atoms with Gasteiger partial charge in [-0.3, -0.25) is 4.90 Å². The Kier molecular flexibility index (Phi) is 5.29. The first kappa shape index (κ1) is 19.5. The summed E-state index contributed by atoms with van der Waals surface area (Å²) in [5, 5.41) is 11.6. The van der Waals surface area contributed by atoms with Crippen LogP contribution < -0.4 is 0 Å². The van der Waals surface area contributed by atoms with Crippen molar-refractivity contribution in [2.75, 3.05) is 19.7 Å². The van der Waals surface area contributed by atoms with Gasteiger partial charge in [0.1, 0.15) is 5.82 Å². The monoisotopic (exact) mass is 407 g/mol. The number of morpholine rings is 1. The van der Waals surface area contributed by atoms with Crippen LogP contribution in [0, 0.1) is 5.82 Å². The van der Waals surface area contributed by atoms with Crippen molar-refractivity contribution in [3.63, 3.8) is 0 Å². The van der Waals surface area contributed by atoms with Crippen LogP contribution >= 0.6 is 0 Å². The molecule has 1 saturated heterocycles. The number of ether oxygens (including phenoxy) is 1. The third-order valence-electron chi connectivity index (χ3n) is 4.73. The van der Waals surface area contributed by atoms with Gasteiger partial charge in [0, 0.05) is 13.1 Å². The highest BCUT2D eigenvalue weighted by Gasteiger charge is 2.30. The lowest BCUT2D eigenvalue weighted by Crippen LogP contribution is -2.38. The van der Waals surface area contributed by atoms with E-state index in [1.165, 1.54) is 28.9 Å². The lowest BCUT2D eigenvalue weighted by molar-refractivity contribution is -0.137. The van der Waals surface area contributed by atoms with Crippen molar-refractivity contribution in [3.05, 3.63) is 71.3 Å². The number of tetrazole rings is 1. The molecule has 2 heterocycles. The Morgan fingerprint density at radius 2 is 1.76 bits per heavy atom. The van der Waals surface area contributed by atoms with E-state index >= 15 is 0 Å². The highest BCUT2D eigenvalue weighted by atomic mass is 19.4. The average molecular weight is 407 g/mol. The molecule has 10 heteroatoms. The van der Waals surface area contributed by atoms with Crippen LogP contribution in [0.5, 0.6) is 0 Å². The summed E-state index contributed by atoms with van der Waals surface area (Å²) in [6.07, 6.45) is -4.61. The van der Waals surface area contributed by atoms with E-state index in [4.69, 9.17) is 4.74 Å². The van der Waals surface area contributed by atoms with Crippen LogP contribution in [0.1, 0.15) is 23.1 Å². The zero-order valence-corrected chi connectivity index (χ0v) is 15.2. The van der Waals surface area contributed by atoms with E-state index < -0.39 is 11.7 Å². The Labute approximate surface area is 163 Å². The molecular weight excluding hydrogens is 390 g/mol. The molecule has 152 valence electrons. The maximum absolute atomic E-state index is 13.1. The van der Waals surface area contributed by atoms with Crippen LogP contribution in [0.3, 0.4) is 0 Å². The zero-order chi connectivity index (χ0) is 20.4. The Morgan fingerprint density at radius 1 is 1.03 bits per heavy atom. The van der Waals surface area contributed by atoms with Gasteiger partial charge in [-0.25, -0.2) is 4.39 Å². The number of nitrogens with zero attached hydrogens (tertiary/aromatic N) is 5. The molecule has 0 bridgehead atoms. The normalized spacial score (nSPS) is 18.1. The Bertz CT molecular complexity index is 956. The maximum atomic E-state index is 13.1. The molecule has 3 aromatic rings. The van der Waals surface area contributed by atoms with E-state index in [0.29, 0.717) is 37.8 Å². The molecule has 2 aromatic carbocycles. The van der Waals surface area contributed by atoms with Gasteiger partial charge in [-0.05, 0) is 52.4 Å². The average Bonchev–Trinajstić information content (AvgIpc) is 3.16. The zero-order valence-electron chi connectivity index (χ0n) is 15.2. The van der Waals surface area contributed by atoms with Gasteiger partial charge in [0.25, 0.3) is 0 Å². The summed E-state index contributed by atoms with van der Waals surface area (Å²) in [4.78, 5) is 2.09. The smallest absolute Gasteiger partial charge is 0.371 e. The Balaban J connectivity index is 1.48. The molecule has 0 radical (unpaired) electrons. The van der Waals surface area contributed by atoms with Crippen molar-refractivity contribution in [1.29, 1.82) is 0 Å². The summed E-state index contributed by atoms with van der Waals surface area (Å²) in [6, 6.07) is 10.8. The third-order valence-corrected chi connectivity index (χ3v) is 4.73. The largest absolute Gasteiger partial charge is 0.416 e. The van der Waals surface area contributed by atoms with Crippen molar-refractivity contribution in [1.82, 2.24) is 25.1 Å². The van der Waals surface area contributed by atoms with Gasteiger partial charge in [0.2, 0.25) is 0 Å². The van der Waals surface area contributed by atoms with Crippen LogP contribution in [0.4, 0.5) is 17.6 Å². The molecule has 4 rings (SSSR count). The molecule has 0 N–H and O–H groups in total. The number of hydrogen-bond acceptors (Lipinski definition) is 5. The van der Waals surface area contributed by atoms with Crippen molar-refractivity contribution in [2.45, 2.75) is 18.8 Å². The molecule has 0 amide bonds. The lowest BCUT2D eigenvalue weighted by atomic mass is 10.1. The molecule has 1 unspecified atom stereocenters. The molecule has 0 spiro atoms. The van der Waals surface area contributed by atoms with Crippen LogP contribution in [-0.4, -0.2) is 44.8 Å². The first-order valence-electron chi connectivity index (χ1n) is 8.94. The number of aromatic nitrogens is 4. The van der Waals surface area contributed by atoms with E-state index in [2.05, 4.69) is 20.4 Å². The first-order chi connectivity index (χ1) is 13.9. The number of benzene rings is 2. The predicted molar refractivity (Wildman–Crippen MR) is 94.5 cm³/mol. The second-order valence-electron chi connectivity index (χ2n) is 6.70. The quantitative estimate of drug-likeness (QED) is 0.621. The molecule has 1 aliphatic heterocycles. The number of rotatable bonds is 4. The fourth-order valence-electron chi connectivity index (χ4n) is 3.22. The van der Waals surface area contributed by atoms with Gasteiger partial charge in [-0.15, -0.1) is 5.10 Å². The van der Waals surface area contributed by atoms with E-state index in [1.54, 1.807) is 12.1 Å². The summed E-state index contributed by atoms with van der Waals surface area (Å²) in [5.41, 5.74) is 0.589. The van der Waals surface area contributed by atoms with Crippen LogP contribution in [0.2, 0.25) is 0 Å². The van der Waals surface area contributed by atoms with Crippen molar-refractivity contribution < 1.29 is 22.3 Å². The minimum absolute atomic E-state index is 0.209. The van der Waals surface area contributed by atoms with Crippen molar-refractivity contribution in [2.24, 2.45) is 0 Å². The second-order valence-corrected chi connectivity index (χ2v) is 6.70. The second kappa shape index (κ2) is 7.88. The van der Waals surface area contributed by atoms with E-state index in [9.17, 15) is 17.6 Å². The van der Waals surface area contributed by atoms with E-state index in [0.717, 1.165) is 17.7 Å². The maximum Gasteiger partial charge on any atom is 0.416 e. The summed E-state index contributed by atoms with van der Waals surface area (Å²) < 4.78 is 58.6. The van der Waals surface area contributed by atoms with Crippen molar-refractivity contribution >= 4 is 0 Å². The lowest BCUT2D eigenvalue weighted by Gasteiger charge is -2.32. The van der Waals surface area contributed by atoms with Gasteiger partial charge in [-0.2, -0.15) is 17.9 Å². The van der Waals surface area contributed by atoms with Gasteiger partial charge in [0.05, 0.1) is 30.5 Å². The van der Waals surface area contributed by atoms with Crippen LogP contribution in [0.25, 0.3) is 5.69 Å². The number of hydrogen-bond donors (Lipinski definition) is 0. The van der Waals surface area contributed by atoms with Gasteiger partial charge in [-0.1, -0.05) is 12.1 Å². The Hall–Kier alpha value is -2.85. The summed E-state index contributed by atoms with van der Waals surface area (Å²) in [6.45, 7) is 2.10. The molecule has 0 aliphatic carbocycles. The van der Waals surface area contributed by atoms with Gasteiger partial charge in [0.15, 0.2) is 5.82 Å². The molecule has 6 nitrogen and oxygen atoms in total. The summed E-state index contributed by atoms with van der Waals surface area (Å²) >= 11 is 0. The fourth-order valence-corrected chi connectivity index (χ4v) is 3.22. The number of halogens is 4. The summed E-state index contributed by atoms with van der Waals surface area (Å²) in [5.74, 6) is 0.196. The highest BCUT2D eigenvalue weighted by Crippen LogP contribution is 2.29. The Morgan fingerprint density at radius 3 is 2.45 bits per heavy atom. The molecule has 1 fully saturated rings. The molecule has 1 atom stereocenters. The van der Waals surface area contributed by atoms with E-state index in [1.807, 2.05) is 0 Å². The van der Waals surface area contributed by atoms with E-state index in [-0.39, 0.29) is 11.9 Å². The predicted octanol–water partition coefficient (Wildman–Crippen LogP) is 3.39. The number of alkyl halides is 3. The minimum atomic E-state index is -4.40. The SMILES string of the molecule is Fc1ccc(C2CN(Cc3nnnn3-c3ccc(C(F)(F)F)cc3)CCO2)cc1. The highest BCUT2D eigenvalue weighted by molar-refractivity contribution is 5.35. The molecule has 1 aliphatic rings.